The molecule has 0 saturated heterocycles. The zero-order valence-corrected chi connectivity index (χ0v) is 20.1. The van der Waals surface area contributed by atoms with Gasteiger partial charge in [0, 0.05) is 22.8 Å². The summed E-state index contributed by atoms with van der Waals surface area (Å²) in [6.07, 6.45) is 1.78. The fourth-order valence-corrected chi connectivity index (χ4v) is 3.82. The molecular formula is C24H17Cl4N3O2. The van der Waals surface area contributed by atoms with Crippen molar-refractivity contribution in [3.05, 3.63) is 110 Å². The van der Waals surface area contributed by atoms with E-state index in [4.69, 9.17) is 51.1 Å². The second-order valence-electron chi connectivity index (χ2n) is 7.16. The predicted octanol–water partition coefficient (Wildman–Crippen LogP) is 7.38. The number of carbonyl (C=O) groups is 1. The minimum Gasteiger partial charge on any atom is -0.487 e. The van der Waals surface area contributed by atoms with Crippen LogP contribution in [0.2, 0.25) is 20.1 Å². The summed E-state index contributed by atoms with van der Waals surface area (Å²) in [6.45, 7) is 0.807. The number of aromatic nitrogens is 2. The molecule has 4 rings (SSSR count). The molecule has 1 N–H and O–H groups in total. The van der Waals surface area contributed by atoms with Gasteiger partial charge in [-0.05, 0) is 53.6 Å². The lowest BCUT2D eigenvalue weighted by Crippen LogP contribution is -2.13. The largest absolute Gasteiger partial charge is 0.487 e. The molecule has 33 heavy (non-hydrogen) atoms. The molecule has 1 heterocycles. The SMILES string of the molecule is O=C(Nc1ccn(Cc2ccc(Cl)c(Cl)c2)n1)c1ccc(COc2ccc(Cl)cc2Cl)cc1. The van der Waals surface area contributed by atoms with Crippen molar-refractivity contribution in [2.75, 3.05) is 5.32 Å². The third kappa shape index (κ3) is 6.21. The molecule has 4 aromatic rings. The number of rotatable bonds is 7. The number of amides is 1. The summed E-state index contributed by atoms with van der Waals surface area (Å²) in [5.41, 5.74) is 2.34. The van der Waals surface area contributed by atoms with E-state index in [0.29, 0.717) is 50.4 Å². The van der Waals surface area contributed by atoms with Gasteiger partial charge in [-0.2, -0.15) is 5.10 Å². The highest BCUT2D eigenvalue weighted by atomic mass is 35.5. The molecule has 0 radical (unpaired) electrons. The lowest BCUT2D eigenvalue weighted by molar-refractivity contribution is 0.102. The maximum absolute atomic E-state index is 12.6. The Labute approximate surface area is 210 Å². The Morgan fingerprint density at radius 3 is 2.33 bits per heavy atom. The van der Waals surface area contributed by atoms with E-state index in [1.807, 2.05) is 18.2 Å². The van der Waals surface area contributed by atoms with Crippen LogP contribution in [0.25, 0.3) is 0 Å². The molecule has 9 heteroatoms. The van der Waals surface area contributed by atoms with Crippen LogP contribution in [-0.4, -0.2) is 15.7 Å². The van der Waals surface area contributed by atoms with Gasteiger partial charge in [0.15, 0.2) is 5.82 Å². The van der Waals surface area contributed by atoms with E-state index >= 15 is 0 Å². The van der Waals surface area contributed by atoms with Crippen molar-refractivity contribution in [2.24, 2.45) is 0 Å². The molecule has 0 aliphatic heterocycles. The summed E-state index contributed by atoms with van der Waals surface area (Å²) < 4.78 is 7.43. The molecular weight excluding hydrogens is 504 g/mol. The number of benzene rings is 3. The van der Waals surface area contributed by atoms with Crippen molar-refractivity contribution < 1.29 is 9.53 Å². The third-order valence-electron chi connectivity index (χ3n) is 4.72. The van der Waals surface area contributed by atoms with Crippen LogP contribution in [0, 0.1) is 0 Å². The number of hydrogen-bond donors (Lipinski definition) is 1. The van der Waals surface area contributed by atoms with Crippen LogP contribution in [0.15, 0.2) is 72.9 Å². The average Bonchev–Trinajstić information content (AvgIpc) is 3.22. The van der Waals surface area contributed by atoms with Gasteiger partial charge in [-0.15, -0.1) is 0 Å². The van der Waals surface area contributed by atoms with Crippen molar-refractivity contribution in [2.45, 2.75) is 13.2 Å². The van der Waals surface area contributed by atoms with E-state index in [1.54, 1.807) is 59.4 Å². The van der Waals surface area contributed by atoms with Gasteiger partial charge in [-0.25, -0.2) is 0 Å². The Balaban J connectivity index is 1.33. The van der Waals surface area contributed by atoms with Crippen molar-refractivity contribution in [3.63, 3.8) is 0 Å². The predicted molar refractivity (Wildman–Crippen MR) is 133 cm³/mol. The van der Waals surface area contributed by atoms with Gasteiger partial charge < -0.3 is 10.1 Å². The Hall–Kier alpha value is -2.70. The van der Waals surface area contributed by atoms with Crippen LogP contribution in [0.3, 0.4) is 0 Å². The monoisotopic (exact) mass is 519 g/mol. The fraction of sp³-hybridized carbons (Fsp3) is 0.0833. The summed E-state index contributed by atoms with van der Waals surface area (Å²) >= 11 is 24.0. The van der Waals surface area contributed by atoms with Crippen molar-refractivity contribution in [1.82, 2.24) is 9.78 Å². The summed E-state index contributed by atoms with van der Waals surface area (Å²) in [6, 6.07) is 19.3. The van der Waals surface area contributed by atoms with E-state index in [1.165, 1.54) is 0 Å². The van der Waals surface area contributed by atoms with Crippen molar-refractivity contribution >= 4 is 58.1 Å². The summed E-state index contributed by atoms with van der Waals surface area (Å²) in [7, 11) is 0. The Bertz CT molecular complexity index is 1290. The lowest BCUT2D eigenvalue weighted by atomic mass is 10.1. The second-order valence-corrected chi connectivity index (χ2v) is 8.82. The molecule has 0 saturated carbocycles. The minimum atomic E-state index is -0.261. The van der Waals surface area contributed by atoms with Crippen LogP contribution < -0.4 is 10.1 Å². The molecule has 0 aliphatic carbocycles. The molecule has 3 aromatic carbocycles. The van der Waals surface area contributed by atoms with Gasteiger partial charge in [0.05, 0.1) is 21.6 Å². The normalized spacial score (nSPS) is 10.8. The number of carbonyl (C=O) groups excluding carboxylic acids is 1. The molecule has 0 bridgehead atoms. The second kappa shape index (κ2) is 10.5. The Morgan fingerprint density at radius 1 is 0.848 bits per heavy atom. The van der Waals surface area contributed by atoms with Crippen LogP contribution in [0.1, 0.15) is 21.5 Å². The van der Waals surface area contributed by atoms with Crippen LogP contribution in [0.5, 0.6) is 5.75 Å². The van der Waals surface area contributed by atoms with Crippen molar-refractivity contribution in [1.29, 1.82) is 0 Å². The maximum Gasteiger partial charge on any atom is 0.256 e. The summed E-state index contributed by atoms with van der Waals surface area (Å²) in [4.78, 5) is 12.6. The van der Waals surface area contributed by atoms with Crippen molar-refractivity contribution in [3.8, 4) is 5.75 Å². The number of anilines is 1. The number of nitrogens with one attached hydrogen (secondary N) is 1. The molecule has 5 nitrogen and oxygen atoms in total. The molecule has 0 unspecified atom stereocenters. The number of halogens is 4. The molecule has 0 spiro atoms. The zero-order chi connectivity index (χ0) is 23.4. The van der Waals surface area contributed by atoms with Crippen LogP contribution >= 0.6 is 46.4 Å². The van der Waals surface area contributed by atoms with Gasteiger partial charge in [-0.1, -0.05) is 64.6 Å². The summed E-state index contributed by atoms with van der Waals surface area (Å²) in [5, 5.41) is 9.15. The topological polar surface area (TPSA) is 56.2 Å². The van der Waals surface area contributed by atoms with Gasteiger partial charge in [0.1, 0.15) is 12.4 Å². The molecule has 0 atom stereocenters. The summed E-state index contributed by atoms with van der Waals surface area (Å²) in [5.74, 6) is 0.729. The van der Waals surface area contributed by atoms with Gasteiger partial charge in [0.2, 0.25) is 0 Å². The van der Waals surface area contributed by atoms with E-state index in [2.05, 4.69) is 10.4 Å². The number of ether oxygens (including phenoxy) is 1. The highest BCUT2D eigenvalue weighted by molar-refractivity contribution is 6.42. The first-order chi connectivity index (χ1) is 15.9. The first-order valence-electron chi connectivity index (χ1n) is 9.83. The first kappa shape index (κ1) is 23.5. The van der Waals surface area contributed by atoms with E-state index in [-0.39, 0.29) is 5.91 Å². The molecule has 168 valence electrons. The smallest absolute Gasteiger partial charge is 0.256 e. The number of hydrogen-bond acceptors (Lipinski definition) is 3. The van der Waals surface area contributed by atoms with Gasteiger partial charge >= 0.3 is 0 Å². The maximum atomic E-state index is 12.6. The quantitative estimate of drug-likeness (QED) is 0.276. The van der Waals surface area contributed by atoms with E-state index < -0.39 is 0 Å². The number of nitrogens with zero attached hydrogens (tertiary/aromatic N) is 2. The first-order valence-corrected chi connectivity index (χ1v) is 11.3. The van der Waals surface area contributed by atoms with E-state index in [0.717, 1.165) is 11.1 Å². The molecule has 1 aromatic heterocycles. The van der Waals surface area contributed by atoms with Gasteiger partial charge in [-0.3, -0.25) is 9.48 Å². The van der Waals surface area contributed by atoms with Gasteiger partial charge in [0.25, 0.3) is 5.91 Å². The minimum absolute atomic E-state index is 0.261. The fourth-order valence-electron chi connectivity index (χ4n) is 3.04. The molecule has 0 aliphatic rings. The molecule has 1 amide bonds. The lowest BCUT2D eigenvalue weighted by Gasteiger charge is -2.09. The van der Waals surface area contributed by atoms with Crippen LogP contribution in [0.4, 0.5) is 5.82 Å². The highest BCUT2D eigenvalue weighted by Crippen LogP contribution is 2.28. The Morgan fingerprint density at radius 2 is 1.61 bits per heavy atom. The standard InChI is InChI=1S/C24H17Cl4N3O2/c25-18-6-8-22(21(28)12-18)33-14-15-1-4-17(5-2-15)24(32)29-23-9-10-31(30-23)13-16-3-7-19(26)20(27)11-16/h1-12H,13-14H2,(H,29,30,32). The van der Waals surface area contributed by atoms with Crippen LogP contribution in [-0.2, 0) is 13.2 Å². The molecule has 0 fully saturated rings. The zero-order valence-electron chi connectivity index (χ0n) is 17.1. The Kier molecular flexibility index (Phi) is 7.46. The highest BCUT2D eigenvalue weighted by Gasteiger charge is 2.10. The third-order valence-corrected chi connectivity index (χ3v) is 5.98. The van der Waals surface area contributed by atoms with E-state index in [9.17, 15) is 4.79 Å². The average molecular weight is 521 g/mol.